The van der Waals surface area contributed by atoms with E-state index in [0.717, 1.165) is 28.4 Å². The molecule has 0 aliphatic heterocycles. The summed E-state index contributed by atoms with van der Waals surface area (Å²) in [5.74, 6) is 1.54. The third-order valence-corrected chi connectivity index (χ3v) is 3.84. The summed E-state index contributed by atoms with van der Waals surface area (Å²) in [5.41, 5.74) is 2.13. The van der Waals surface area contributed by atoms with E-state index in [1.54, 1.807) is 0 Å². The minimum Gasteiger partial charge on any atom is -0.492 e. The van der Waals surface area contributed by atoms with Gasteiger partial charge in [-0.2, -0.15) is 0 Å². The van der Waals surface area contributed by atoms with Gasteiger partial charge in [0.15, 0.2) is 0 Å². The van der Waals surface area contributed by atoms with Crippen LogP contribution >= 0.6 is 11.6 Å². The molecule has 1 aromatic carbocycles. The zero-order chi connectivity index (χ0) is 13.7. The maximum absolute atomic E-state index is 6.12. The van der Waals surface area contributed by atoms with Crippen molar-refractivity contribution in [1.29, 1.82) is 0 Å². The first kappa shape index (κ1) is 15.3. The SMILES string of the molecule is Cc1cc(OCCNC(C)C(C)C)cc(C)c1Cl. The van der Waals surface area contributed by atoms with Crippen molar-refractivity contribution < 1.29 is 4.74 Å². The van der Waals surface area contributed by atoms with Crippen molar-refractivity contribution in [3.8, 4) is 5.75 Å². The van der Waals surface area contributed by atoms with Gasteiger partial charge in [0, 0.05) is 17.6 Å². The number of hydrogen-bond acceptors (Lipinski definition) is 2. The van der Waals surface area contributed by atoms with Crippen LogP contribution in [0.4, 0.5) is 0 Å². The number of halogens is 1. The molecule has 1 rings (SSSR count). The molecule has 1 atom stereocenters. The molecular formula is C15H24ClNO. The molecule has 2 nitrogen and oxygen atoms in total. The van der Waals surface area contributed by atoms with Crippen LogP contribution in [0.5, 0.6) is 5.75 Å². The molecule has 0 radical (unpaired) electrons. The second-order valence-electron chi connectivity index (χ2n) is 5.21. The van der Waals surface area contributed by atoms with Crippen LogP contribution in [0.1, 0.15) is 31.9 Å². The van der Waals surface area contributed by atoms with Crippen LogP contribution in [0, 0.1) is 19.8 Å². The highest BCUT2D eigenvalue weighted by atomic mass is 35.5. The van der Waals surface area contributed by atoms with Gasteiger partial charge < -0.3 is 10.1 Å². The van der Waals surface area contributed by atoms with E-state index in [2.05, 4.69) is 26.1 Å². The Morgan fingerprint density at radius 2 is 1.72 bits per heavy atom. The smallest absolute Gasteiger partial charge is 0.119 e. The minimum atomic E-state index is 0.516. The highest BCUT2D eigenvalue weighted by Gasteiger charge is 2.06. The van der Waals surface area contributed by atoms with E-state index >= 15 is 0 Å². The highest BCUT2D eigenvalue weighted by Crippen LogP contribution is 2.25. The highest BCUT2D eigenvalue weighted by molar-refractivity contribution is 6.32. The summed E-state index contributed by atoms with van der Waals surface area (Å²) < 4.78 is 5.73. The molecule has 0 spiro atoms. The van der Waals surface area contributed by atoms with Gasteiger partial charge in [0.1, 0.15) is 12.4 Å². The number of rotatable bonds is 6. The quantitative estimate of drug-likeness (QED) is 0.789. The van der Waals surface area contributed by atoms with Gasteiger partial charge in [-0.05, 0) is 49.9 Å². The molecule has 0 amide bonds. The minimum absolute atomic E-state index is 0.516. The van der Waals surface area contributed by atoms with Gasteiger partial charge in [-0.25, -0.2) is 0 Å². The Labute approximate surface area is 116 Å². The predicted molar refractivity (Wildman–Crippen MR) is 78.7 cm³/mol. The van der Waals surface area contributed by atoms with Gasteiger partial charge in [-0.3, -0.25) is 0 Å². The van der Waals surface area contributed by atoms with Gasteiger partial charge >= 0.3 is 0 Å². The molecule has 0 aliphatic carbocycles. The summed E-state index contributed by atoms with van der Waals surface area (Å²) >= 11 is 6.12. The van der Waals surface area contributed by atoms with Crippen molar-refractivity contribution in [1.82, 2.24) is 5.32 Å². The molecule has 0 aliphatic rings. The lowest BCUT2D eigenvalue weighted by Gasteiger charge is -2.17. The fraction of sp³-hybridized carbons (Fsp3) is 0.600. The lowest BCUT2D eigenvalue weighted by Crippen LogP contribution is -2.33. The standard InChI is InChI=1S/C15H24ClNO/c1-10(2)13(5)17-6-7-18-14-8-11(3)15(16)12(4)9-14/h8-10,13,17H,6-7H2,1-5H3. The third kappa shape index (κ3) is 4.51. The predicted octanol–water partition coefficient (Wildman–Crippen LogP) is 3.97. The summed E-state index contributed by atoms with van der Waals surface area (Å²) in [6.07, 6.45) is 0. The molecule has 0 saturated heterocycles. The first-order valence-electron chi connectivity index (χ1n) is 6.54. The summed E-state index contributed by atoms with van der Waals surface area (Å²) in [4.78, 5) is 0. The molecule has 0 fully saturated rings. The zero-order valence-electron chi connectivity index (χ0n) is 12.0. The van der Waals surface area contributed by atoms with Gasteiger partial charge in [0.2, 0.25) is 0 Å². The largest absolute Gasteiger partial charge is 0.492 e. The fourth-order valence-corrected chi connectivity index (χ4v) is 1.79. The van der Waals surface area contributed by atoms with Crippen LogP contribution in [0.3, 0.4) is 0 Å². The Bertz CT molecular complexity index is 367. The maximum Gasteiger partial charge on any atom is 0.119 e. The van der Waals surface area contributed by atoms with Crippen molar-refractivity contribution in [2.45, 2.75) is 40.7 Å². The lowest BCUT2D eigenvalue weighted by molar-refractivity contribution is 0.296. The number of hydrogen-bond donors (Lipinski definition) is 1. The first-order valence-corrected chi connectivity index (χ1v) is 6.92. The second kappa shape index (κ2) is 7.01. The van der Waals surface area contributed by atoms with Crippen LogP contribution in [0.2, 0.25) is 5.02 Å². The average molecular weight is 270 g/mol. The number of aryl methyl sites for hydroxylation is 2. The van der Waals surface area contributed by atoms with Gasteiger partial charge in [-0.15, -0.1) is 0 Å². The van der Waals surface area contributed by atoms with Crippen LogP contribution in [-0.4, -0.2) is 19.2 Å². The van der Waals surface area contributed by atoms with Crippen molar-refractivity contribution in [2.75, 3.05) is 13.2 Å². The van der Waals surface area contributed by atoms with E-state index in [9.17, 15) is 0 Å². The normalized spacial score (nSPS) is 12.8. The molecule has 1 N–H and O–H groups in total. The molecule has 1 aromatic rings. The summed E-state index contributed by atoms with van der Waals surface area (Å²) in [7, 11) is 0. The monoisotopic (exact) mass is 269 g/mol. The molecule has 0 heterocycles. The van der Waals surface area contributed by atoms with Crippen molar-refractivity contribution >= 4 is 11.6 Å². The molecule has 102 valence electrons. The third-order valence-electron chi connectivity index (χ3n) is 3.25. The molecule has 1 unspecified atom stereocenters. The molecular weight excluding hydrogens is 246 g/mol. The zero-order valence-corrected chi connectivity index (χ0v) is 12.8. The number of benzene rings is 1. The van der Waals surface area contributed by atoms with E-state index in [1.165, 1.54) is 0 Å². The number of nitrogens with one attached hydrogen (secondary N) is 1. The van der Waals surface area contributed by atoms with E-state index in [0.29, 0.717) is 18.6 Å². The van der Waals surface area contributed by atoms with Crippen LogP contribution in [0.15, 0.2) is 12.1 Å². The van der Waals surface area contributed by atoms with Crippen molar-refractivity contribution in [3.63, 3.8) is 0 Å². The van der Waals surface area contributed by atoms with Crippen LogP contribution in [0.25, 0.3) is 0 Å². The number of ether oxygens (including phenoxy) is 1. The average Bonchev–Trinajstić information content (AvgIpc) is 2.31. The summed E-state index contributed by atoms with van der Waals surface area (Å²) in [5, 5.41) is 4.27. The van der Waals surface area contributed by atoms with E-state index in [4.69, 9.17) is 16.3 Å². The van der Waals surface area contributed by atoms with Crippen LogP contribution in [-0.2, 0) is 0 Å². The van der Waals surface area contributed by atoms with Gasteiger partial charge in [0.25, 0.3) is 0 Å². The van der Waals surface area contributed by atoms with E-state index in [-0.39, 0.29) is 0 Å². The van der Waals surface area contributed by atoms with Crippen molar-refractivity contribution in [2.24, 2.45) is 5.92 Å². The topological polar surface area (TPSA) is 21.3 Å². The molecule has 18 heavy (non-hydrogen) atoms. The fourth-order valence-electron chi connectivity index (χ4n) is 1.68. The molecule has 0 saturated carbocycles. The molecule has 0 aromatic heterocycles. The lowest BCUT2D eigenvalue weighted by atomic mass is 10.1. The Balaban J connectivity index is 2.40. The first-order chi connectivity index (χ1) is 8.41. The maximum atomic E-state index is 6.12. The van der Waals surface area contributed by atoms with Crippen LogP contribution < -0.4 is 10.1 Å². The van der Waals surface area contributed by atoms with E-state index in [1.807, 2.05) is 26.0 Å². The Kier molecular flexibility index (Phi) is 5.97. The van der Waals surface area contributed by atoms with Gasteiger partial charge in [0.05, 0.1) is 0 Å². The summed E-state index contributed by atoms with van der Waals surface area (Å²) in [6, 6.07) is 4.49. The van der Waals surface area contributed by atoms with Crippen molar-refractivity contribution in [3.05, 3.63) is 28.3 Å². The van der Waals surface area contributed by atoms with E-state index < -0.39 is 0 Å². The Morgan fingerprint density at radius 1 is 1.17 bits per heavy atom. The Hall–Kier alpha value is -0.730. The Morgan fingerprint density at radius 3 is 2.22 bits per heavy atom. The second-order valence-corrected chi connectivity index (χ2v) is 5.58. The van der Waals surface area contributed by atoms with Gasteiger partial charge in [-0.1, -0.05) is 25.4 Å². The summed E-state index contributed by atoms with van der Waals surface area (Å²) in [6.45, 7) is 12.2. The molecule has 3 heteroatoms. The molecule has 0 bridgehead atoms.